The van der Waals surface area contributed by atoms with Gasteiger partial charge in [0.2, 0.25) is 0 Å². The summed E-state index contributed by atoms with van der Waals surface area (Å²) >= 11 is 1.41. The molecule has 2 fully saturated rings. The molecule has 2 aliphatic rings. The van der Waals surface area contributed by atoms with Gasteiger partial charge in [-0.15, -0.1) is 11.3 Å². The van der Waals surface area contributed by atoms with E-state index in [4.69, 9.17) is 14.0 Å². The molecule has 204 valence electrons. The molecule has 0 unspecified atom stereocenters. The van der Waals surface area contributed by atoms with Gasteiger partial charge in [-0.1, -0.05) is 17.3 Å². The molecule has 2 aliphatic carbocycles. The molecular formula is C28H25F3N2O5S. The Bertz CT molecular complexity index is 1510. The molecule has 2 heterocycles. The number of thiazole rings is 1. The molecule has 11 heteroatoms. The van der Waals surface area contributed by atoms with Crippen LogP contribution in [0, 0.1) is 5.82 Å². The van der Waals surface area contributed by atoms with E-state index < -0.39 is 18.4 Å². The minimum atomic E-state index is -2.95. The first-order chi connectivity index (χ1) is 18.9. The van der Waals surface area contributed by atoms with Crippen LogP contribution in [-0.4, -0.2) is 33.9 Å². The highest BCUT2D eigenvalue weighted by Gasteiger charge is 2.34. The zero-order chi connectivity index (χ0) is 27.1. The number of fused-ring (bicyclic) bond motifs is 1. The normalized spacial score (nSPS) is 19.6. The lowest BCUT2D eigenvalue weighted by molar-refractivity contribution is -0.0494. The van der Waals surface area contributed by atoms with E-state index >= 15 is 0 Å². The monoisotopic (exact) mass is 558 g/mol. The smallest absolute Gasteiger partial charge is 0.387 e. The number of carbonyl (C=O) groups is 1. The second kappa shape index (κ2) is 10.6. The van der Waals surface area contributed by atoms with E-state index in [9.17, 15) is 23.1 Å². The van der Waals surface area contributed by atoms with Crippen LogP contribution in [0.25, 0.3) is 21.5 Å². The number of carboxylic acid groups (broad SMARTS) is 1. The summed E-state index contributed by atoms with van der Waals surface area (Å²) in [6.45, 7) is -2.70. The number of hydrogen-bond donors (Lipinski definition) is 1. The second-order valence-electron chi connectivity index (χ2n) is 9.96. The number of halogens is 3. The molecule has 7 nitrogen and oxygen atoms in total. The van der Waals surface area contributed by atoms with Crippen molar-refractivity contribution in [3.8, 4) is 17.0 Å². The van der Waals surface area contributed by atoms with Crippen LogP contribution in [-0.2, 0) is 11.3 Å². The van der Waals surface area contributed by atoms with Gasteiger partial charge in [-0.05, 0) is 56.7 Å². The lowest BCUT2D eigenvalue weighted by Crippen LogP contribution is -2.21. The summed E-state index contributed by atoms with van der Waals surface area (Å²) < 4.78 is 57.4. The van der Waals surface area contributed by atoms with Crippen LogP contribution in [0.4, 0.5) is 13.2 Å². The fourth-order valence-electron chi connectivity index (χ4n) is 5.18. The summed E-state index contributed by atoms with van der Waals surface area (Å²) in [5.41, 5.74) is 1.79. The third-order valence-electron chi connectivity index (χ3n) is 7.34. The minimum Gasteiger partial charge on any atom is -0.478 e. The lowest BCUT2D eigenvalue weighted by atomic mass is 9.88. The largest absolute Gasteiger partial charge is 0.478 e. The van der Waals surface area contributed by atoms with Crippen LogP contribution >= 0.6 is 11.3 Å². The molecule has 0 bridgehead atoms. The molecule has 0 atom stereocenters. The Morgan fingerprint density at radius 3 is 2.56 bits per heavy atom. The summed E-state index contributed by atoms with van der Waals surface area (Å²) in [6, 6.07) is 9.07. The van der Waals surface area contributed by atoms with Crippen molar-refractivity contribution >= 4 is 27.5 Å². The van der Waals surface area contributed by atoms with Crippen molar-refractivity contribution in [2.75, 3.05) is 0 Å². The molecule has 6 rings (SSSR count). The lowest BCUT2D eigenvalue weighted by Gasteiger charge is -2.27. The fourth-order valence-corrected chi connectivity index (χ4v) is 6.34. The van der Waals surface area contributed by atoms with Crippen molar-refractivity contribution in [1.82, 2.24) is 10.1 Å². The molecule has 2 aromatic heterocycles. The fraction of sp³-hybridized carbons (Fsp3) is 0.393. The third-order valence-corrected chi connectivity index (χ3v) is 8.52. The predicted octanol–water partition coefficient (Wildman–Crippen LogP) is 7.51. The van der Waals surface area contributed by atoms with Gasteiger partial charge < -0.3 is 19.1 Å². The zero-order valence-corrected chi connectivity index (χ0v) is 21.6. The number of benzene rings is 2. The summed E-state index contributed by atoms with van der Waals surface area (Å²) in [6.07, 6.45) is 5.21. The number of aromatic carboxylic acids is 1. The van der Waals surface area contributed by atoms with E-state index in [0.717, 1.165) is 54.9 Å². The zero-order valence-electron chi connectivity index (χ0n) is 20.7. The highest BCUT2D eigenvalue weighted by Crippen LogP contribution is 2.46. The molecule has 2 saturated carbocycles. The van der Waals surface area contributed by atoms with Crippen molar-refractivity contribution in [3.63, 3.8) is 0 Å². The summed E-state index contributed by atoms with van der Waals surface area (Å²) in [4.78, 5) is 15.8. The minimum absolute atomic E-state index is 0.00551. The van der Waals surface area contributed by atoms with Crippen molar-refractivity contribution in [2.45, 2.75) is 69.7 Å². The maximum atomic E-state index is 14.1. The Labute approximate surface area is 225 Å². The van der Waals surface area contributed by atoms with Gasteiger partial charge in [-0.3, -0.25) is 0 Å². The number of para-hydroxylation sites is 1. The Morgan fingerprint density at radius 1 is 1.10 bits per heavy atom. The van der Waals surface area contributed by atoms with Gasteiger partial charge in [0.05, 0.1) is 33.5 Å². The molecule has 0 aliphatic heterocycles. The molecule has 0 radical (unpaired) electrons. The van der Waals surface area contributed by atoms with Crippen molar-refractivity contribution < 1.29 is 37.1 Å². The van der Waals surface area contributed by atoms with Crippen LogP contribution in [0.5, 0.6) is 5.75 Å². The quantitative estimate of drug-likeness (QED) is 0.227. The van der Waals surface area contributed by atoms with Gasteiger partial charge in [0, 0.05) is 29.0 Å². The second-order valence-corrected chi connectivity index (χ2v) is 11.0. The predicted molar refractivity (Wildman–Crippen MR) is 137 cm³/mol. The number of alkyl halides is 2. The molecule has 39 heavy (non-hydrogen) atoms. The SMILES string of the molecule is O=C(O)c1cc2sc([C@H]3CC[C@H](OCc4c(-c5ccccc5OC(F)F)noc4C4CC4)CC3)nc2cc1F. The van der Waals surface area contributed by atoms with Gasteiger partial charge in [0.25, 0.3) is 0 Å². The Hall–Kier alpha value is -3.44. The molecule has 4 aromatic rings. The number of hydrogen-bond acceptors (Lipinski definition) is 7. The Morgan fingerprint density at radius 2 is 1.85 bits per heavy atom. The van der Waals surface area contributed by atoms with E-state index in [0.29, 0.717) is 21.5 Å². The topological polar surface area (TPSA) is 94.7 Å². The van der Waals surface area contributed by atoms with E-state index in [1.54, 1.807) is 18.2 Å². The van der Waals surface area contributed by atoms with Gasteiger partial charge in [-0.25, -0.2) is 14.2 Å². The highest BCUT2D eigenvalue weighted by atomic mass is 32.1. The summed E-state index contributed by atoms with van der Waals surface area (Å²) in [5.74, 6) is -0.859. The van der Waals surface area contributed by atoms with Crippen molar-refractivity contribution in [2.24, 2.45) is 0 Å². The summed E-state index contributed by atoms with van der Waals surface area (Å²) in [7, 11) is 0. The first kappa shape index (κ1) is 25.8. The molecule has 2 aromatic carbocycles. The number of rotatable bonds is 9. The van der Waals surface area contributed by atoms with Gasteiger partial charge in [0.1, 0.15) is 23.0 Å². The maximum Gasteiger partial charge on any atom is 0.387 e. The van der Waals surface area contributed by atoms with Crippen molar-refractivity contribution in [3.05, 3.63) is 64.1 Å². The average molecular weight is 559 g/mol. The molecular weight excluding hydrogens is 533 g/mol. The summed E-state index contributed by atoms with van der Waals surface area (Å²) in [5, 5.41) is 14.3. The van der Waals surface area contributed by atoms with Crippen LogP contribution in [0.3, 0.4) is 0 Å². The first-order valence-electron chi connectivity index (χ1n) is 12.8. The maximum absolute atomic E-state index is 14.1. The molecule has 0 saturated heterocycles. The average Bonchev–Trinajstić information content (AvgIpc) is 3.54. The number of nitrogens with zero attached hydrogens (tertiary/aromatic N) is 2. The first-order valence-corrected chi connectivity index (χ1v) is 13.7. The molecule has 0 amide bonds. The van der Waals surface area contributed by atoms with Gasteiger partial charge in [0.15, 0.2) is 0 Å². The van der Waals surface area contributed by atoms with Gasteiger partial charge >= 0.3 is 12.6 Å². The van der Waals surface area contributed by atoms with Crippen LogP contribution in [0.15, 0.2) is 40.9 Å². The number of carboxylic acids is 1. The standard InChI is InChI=1S/C28H25F3N2O5S/c29-20-12-21-23(11-18(20)27(34)35)39-26(32-21)15-7-9-16(10-8-15)36-13-19-24(33-38-25(19)14-5-6-14)17-3-1-2-4-22(17)37-28(30)31/h1-4,11-12,14-16,28H,5-10,13H2,(H,34,35)/t15-,16-. The highest BCUT2D eigenvalue weighted by molar-refractivity contribution is 7.18. The Balaban J connectivity index is 1.14. The number of ether oxygens (including phenoxy) is 2. The van der Waals surface area contributed by atoms with Crippen LogP contribution in [0.1, 0.15) is 77.1 Å². The molecule has 1 N–H and O–H groups in total. The van der Waals surface area contributed by atoms with Crippen LogP contribution < -0.4 is 4.74 Å². The molecule has 0 spiro atoms. The Kier molecular flexibility index (Phi) is 7.03. The van der Waals surface area contributed by atoms with Gasteiger partial charge in [-0.2, -0.15) is 8.78 Å². The third kappa shape index (κ3) is 5.38. The van der Waals surface area contributed by atoms with Crippen molar-refractivity contribution in [1.29, 1.82) is 0 Å². The van der Waals surface area contributed by atoms with E-state index in [2.05, 4.69) is 10.1 Å². The van der Waals surface area contributed by atoms with Crippen LogP contribution in [0.2, 0.25) is 0 Å². The van der Waals surface area contributed by atoms with E-state index in [-0.39, 0.29) is 35.9 Å². The number of aromatic nitrogens is 2. The van der Waals surface area contributed by atoms with E-state index in [1.165, 1.54) is 29.5 Å². The van der Waals surface area contributed by atoms with E-state index in [1.807, 2.05) is 0 Å².